The second-order valence-corrected chi connectivity index (χ2v) is 5.52. The standard InChI is InChI=1S/C18H21NO2S/c19-16(13-22)7-4-12-21-17-10-8-15(9-11-17)18(20)14-5-2-1-3-6-14/h1-3,5-6,8-11,16,22H,4,7,12-13,19H2/t16-/m1/s1. The molecule has 2 aromatic rings. The number of nitrogens with two attached hydrogens (primary N) is 1. The summed E-state index contributed by atoms with van der Waals surface area (Å²) in [6.45, 7) is 0.619. The van der Waals surface area contributed by atoms with Crippen LogP contribution in [0.3, 0.4) is 0 Å². The van der Waals surface area contributed by atoms with Crippen LogP contribution in [0.15, 0.2) is 54.6 Å². The topological polar surface area (TPSA) is 52.3 Å². The van der Waals surface area contributed by atoms with Gasteiger partial charge in [-0.15, -0.1) is 0 Å². The first-order valence-electron chi connectivity index (χ1n) is 7.40. The zero-order valence-corrected chi connectivity index (χ0v) is 13.3. The molecule has 2 rings (SSSR count). The summed E-state index contributed by atoms with van der Waals surface area (Å²) in [5, 5.41) is 0. The quantitative estimate of drug-likeness (QED) is 0.446. The summed E-state index contributed by atoms with van der Waals surface area (Å²) in [5.41, 5.74) is 7.15. The molecular weight excluding hydrogens is 294 g/mol. The molecule has 0 fully saturated rings. The number of hydrogen-bond donors (Lipinski definition) is 2. The normalized spacial score (nSPS) is 11.9. The first-order chi connectivity index (χ1) is 10.7. The molecule has 0 amide bonds. The van der Waals surface area contributed by atoms with Crippen LogP contribution in [-0.2, 0) is 0 Å². The lowest BCUT2D eigenvalue weighted by Gasteiger charge is -2.09. The highest BCUT2D eigenvalue weighted by Crippen LogP contribution is 2.16. The molecule has 0 aliphatic carbocycles. The molecule has 0 unspecified atom stereocenters. The summed E-state index contributed by atoms with van der Waals surface area (Å²) in [6, 6.07) is 16.6. The molecule has 2 aromatic carbocycles. The molecule has 3 nitrogen and oxygen atoms in total. The summed E-state index contributed by atoms with van der Waals surface area (Å²) in [5.74, 6) is 1.48. The van der Waals surface area contributed by atoms with Gasteiger partial charge in [0.1, 0.15) is 5.75 Å². The predicted octanol–water partition coefficient (Wildman–Crippen LogP) is 3.33. The lowest BCUT2D eigenvalue weighted by Crippen LogP contribution is -2.22. The van der Waals surface area contributed by atoms with Crippen molar-refractivity contribution in [1.82, 2.24) is 0 Å². The number of ketones is 1. The van der Waals surface area contributed by atoms with E-state index in [9.17, 15) is 4.79 Å². The maximum absolute atomic E-state index is 12.3. The van der Waals surface area contributed by atoms with Crippen molar-refractivity contribution in [1.29, 1.82) is 0 Å². The van der Waals surface area contributed by atoms with Gasteiger partial charge in [-0.1, -0.05) is 30.3 Å². The van der Waals surface area contributed by atoms with E-state index in [0.29, 0.717) is 23.5 Å². The largest absolute Gasteiger partial charge is 0.494 e. The Balaban J connectivity index is 1.87. The fraction of sp³-hybridized carbons (Fsp3) is 0.278. The summed E-state index contributed by atoms with van der Waals surface area (Å²) in [6.07, 6.45) is 1.79. The Labute approximate surface area is 136 Å². The third kappa shape index (κ3) is 4.90. The van der Waals surface area contributed by atoms with Crippen LogP contribution in [0.5, 0.6) is 5.75 Å². The monoisotopic (exact) mass is 315 g/mol. The number of rotatable bonds is 8. The van der Waals surface area contributed by atoms with Crippen molar-refractivity contribution >= 4 is 18.4 Å². The van der Waals surface area contributed by atoms with Crippen molar-refractivity contribution in [2.45, 2.75) is 18.9 Å². The second-order valence-electron chi connectivity index (χ2n) is 5.15. The Hall–Kier alpha value is -1.78. The Kier molecular flexibility index (Phi) is 6.49. The highest BCUT2D eigenvalue weighted by Gasteiger charge is 2.08. The smallest absolute Gasteiger partial charge is 0.193 e. The zero-order valence-electron chi connectivity index (χ0n) is 12.4. The fourth-order valence-corrected chi connectivity index (χ4v) is 2.27. The molecule has 1 atom stereocenters. The zero-order chi connectivity index (χ0) is 15.8. The molecule has 2 N–H and O–H groups in total. The number of ether oxygens (including phenoxy) is 1. The van der Waals surface area contributed by atoms with E-state index in [2.05, 4.69) is 12.6 Å². The lowest BCUT2D eigenvalue weighted by molar-refractivity contribution is 0.103. The average molecular weight is 315 g/mol. The summed E-state index contributed by atoms with van der Waals surface area (Å²) < 4.78 is 5.65. The van der Waals surface area contributed by atoms with E-state index < -0.39 is 0 Å². The molecule has 0 radical (unpaired) electrons. The van der Waals surface area contributed by atoms with Crippen LogP contribution in [0.25, 0.3) is 0 Å². The highest BCUT2D eigenvalue weighted by atomic mass is 32.1. The van der Waals surface area contributed by atoms with Gasteiger partial charge in [0.2, 0.25) is 0 Å². The van der Waals surface area contributed by atoms with Gasteiger partial charge in [0.15, 0.2) is 5.78 Å². The molecule has 0 heterocycles. The average Bonchev–Trinajstić information content (AvgIpc) is 2.59. The molecule has 4 heteroatoms. The number of benzene rings is 2. The molecule has 0 aliphatic rings. The van der Waals surface area contributed by atoms with Gasteiger partial charge >= 0.3 is 0 Å². The number of hydrogen-bond acceptors (Lipinski definition) is 4. The second kappa shape index (κ2) is 8.61. The van der Waals surface area contributed by atoms with Gasteiger partial charge < -0.3 is 10.5 Å². The van der Waals surface area contributed by atoms with Crippen molar-refractivity contribution in [3.8, 4) is 5.75 Å². The number of carbonyl (C=O) groups excluding carboxylic acids is 1. The molecule has 0 aliphatic heterocycles. The first kappa shape index (κ1) is 16.6. The highest BCUT2D eigenvalue weighted by molar-refractivity contribution is 7.80. The molecule has 116 valence electrons. The van der Waals surface area contributed by atoms with Crippen molar-refractivity contribution in [3.63, 3.8) is 0 Å². The minimum atomic E-state index is 0.0203. The lowest BCUT2D eigenvalue weighted by atomic mass is 10.0. The van der Waals surface area contributed by atoms with E-state index in [-0.39, 0.29) is 11.8 Å². The van der Waals surface area contributed by atoms with E-state index in [1.165, 1.54) is 0 Å². The van der Waals surface area contributed by atoms with Crippen LogP contribution in [0.4, 0.5) is 0 Å². The van der Waals surface area contributed by atoms with Crippen molar-refractivity contribution in [3.05, 3.63) is 65.7 Å². The van der Waals surface area contributed by atoms with Crippen molar-refractivity contribution in [2.24, 2.45) is 5.73 Å². The fourth-order valence-electron chi connectivity index (χ4n) is 2.09. The number of carbonyl (C=O) groups is 1. The molecule has 0 bridgehead atoms. The van der Waals surface area contributed by atoms with E-state index in [4.69, 9.17) is 10.5 Å². The summed E-state index contributed by atoms with van der Waals surface area (Å²) in [4.78, 5) is 12.3. The summed E-state index contributed by atoms with van der Waals surface area (Å²) in [7, 11) is 0. The Morgan fingerprint density at radius 2 is 1.68 bits per heavy atom. The van der Waals surface area contributed by atoms with E-state index in [1.54, 1.807) is 12.1 Å². The third-order valence-corrected chi connectivity index (χ3v) is 3.84. The van der Waals surface area contributed by atoms with Gasteiger partial charge in [0, 0.05) is 22.9 Å². The van der Waals surface area contributed by atoms with Crippen LogP contribution in [-0.4, -0.2) is 24.2 Å². The Morgan fingerprint density at radius 3 is 2.32 bits per heavy atom. The minimum absolute atomic E-state index is 0.0203. The van der Waals surface area contributed by atoms with Gasteiger partial charge in [0.05, 0.1) is 6.61 Å². The van der Waals surface area contributed by atoms with Crippen molar-refractivity contribution < 1.29 is 9.53 Å². The van der Waals surface area contributed by atoms with Gasteiger partial charge in [0.25, 0.3) is 0 Å². The van der Waals surface area contributed by atoms with Crippen LogP contribution in [0, 0.1) is 0 Å². The van der Waals surface area contributed by atoms with Crippen molar-refractivity contribution in [2.75, 3.05) is 12.4 Å². The van der Waals surface area contributed by atoms with Gasteiger partial charge in [-0.3, -0.25) is 4.79 Å². The third-order valence-electron chi connectivity index (χ3n) is 3.37. The maximum atomic E-state index is 12.3. The summed E-state index contributed by atoms with van der Waals surface area (Å²) >= 11 is 4.15. The van der Waals surface area contributed by atoms with E-state index >= 15 is 0 Å². The van der Waals surface area contributed by atoms with Gasteiger partial charge in [-0.2, -0.15) is 12.6 Å². The van der Waals surface area contributed by atoms with Gasteiger partial charge in [-0.05, 0) is 37.1 Å². The molecule has 0 spiro atoms. The van der Waals surface area contributed by atoms with E-state index in [1.807, 2.05) is 42.5 Å². The molecule has 0 saturated carbocycles. The molecule has 22 heavy (non-hydrogen) atoms. The van der Waals surface area contributed by atoms with Crippen LogP contribution < -0.4 is 10.5 Å². The Bertz CT molecular complexity index is 584. The van der Waals surface area contributed by atoms with Gasteiger partial charge in [-0.25, -0.2) is 0 Å². The first-order valence-corrected chi connectivity index (χ1v) is 8.03. The molecule has 0 aromatic heterocycles. The minimum Gasteiger partial charge on any atom is -0.494 e. The maximum Gasteiger partial charge on any atom is 0.193 e. The van der Waals surface area contributed by atoms with Crippen LogP contribution in [0.1, 0.15) is 28.8 Å². The van der Waals surface area contributed by atoms with Crippen LogP contribution in [0.2, 0.25) is 0 Å². The molecule has 0 saturated heterocycles. The van der Waals surface area contributed by atoms with E-state index in [0.717, 1.165) is 18.6 Å². The Morgan fingerprint density at radius 1 is 1.05 bits per heavy atom. The SMILES string of the molecule is N[C@@H](CS)CCCOc1ccc(C(=O)c2ccccc2)cc1. The predicted molar refractivity (Wildman–Crippen MR) is 92.9 cm³/mol. The van der Waals surface area contributed by atoms with Crippen LogP contribution >= 0.6 is 12.6 Å². The molecular formula is C18H21NO2S. The number of thiol groups is 1.